The molecule has 4 aliphatic rings. The third-order valence-corrected chi connectivity index (χ3v) is 7.70. The Labute approximate surface area is 211 Å². The number of carbonyl (C=O) groups is 1. The SMILES string of the molecule is CC(C)CC[N+]1=C(/C=C2/C(=O)C(C3=CNC4C=CC(C#N)=CC34)=C2O)C(C)(C)c2cc(Cl)ccc21. The number of Topliss-reactive ketones (excluding diaryl/α,β-unsaturated/α-hetero) is 1. The van der Waals surface area contributed by atoms with E-state index in [4.69, 9.17) is 11.6 Å². The first-order chi connectivity index (χ1) is 16.6. The van der Waals surface area contributed by atoms with Crippen molar-refractivity contribution in [3.05, 3.63) is 87.3 Å². The van der Waals surface area contributed by atoms with Crippen LogP contribution in [0.5, 0.6) is 0 Å². The van der Waals surface area contributed by atoms with Crippen LogP contribution in [0.2, 0.25) is 5.02 Å². The van der Waals surface area contributed by atoms with E-state index >= 15 is 0 Å². The average molecular weight is 487 g/mol. The second-order valence-corrected chi connectivity index (χ2v) is 11.0. The third kappa shape index (κ3) is 3.68. The van der Waals surface area contributed by atoms with Crippen LogP contribution in [-0.2, 0) is 10.2 Å². The zero-order valence-electron chi connectivity index (χ0n) is 20.4. The van der Waals surface area contributed by atoms with Crippen LogP contribution in [0.1, 0.15) is 39.7 Å². The number of benzene rings is 1. The minimum absolute atomic E-state index is 0.0165. The highest BCUT2D eigenvalue weighted by Gasteiger charge is 2.48. The van der Waals surface area contributed by atoms with E-state index in [0.29, 0.717) is 27.7 Å². The number of nitriles is 1. The van der Waals surface area contributed by atoms with Crippen molar-refractivity contribution in [1.82, 2.24) is 5.32 Å². The van der Waals surface area contributed by atoms with Gasteiger partial charge in [0.25, 0.3) is 0 Å². The van der Waals surface area contributed by atoms with Crippen molar-refractivity contribution in [3.63, 3.8) is 0 Å². The van der Waals surface area contributed by atoms with Gasteiger partial charge in [-0.15, -0.1) is 0 Å². The first kappa shape index (κ1) is 23.4. The molecular weight excluding hydrogens is 458 g/mol. The Balaban J connectivity index is 1.55. The summed E-state index contributed by atoms with van der Waals surface area (Å²) in [6, 6.07) is 8.09. The monoisotopic (exact) mass is 486 g/mol. The summed E-state index contributed by atoms with van der Waals surface area (Å²) in [7, 11) is 0. The molecule has 178 valence electrons. The molecule has 2 atom stereocenters. The first-order valence-corrected chi connectivity index (χ1v) is 12.4. The van der Waals surface area contributed by atoms with E-state index in [2.05, 4.69) is 43.7 Å². The summed E-state index contributed by atoms with van der Waals surface area (Å²) in [5, 5.41) is 24.3. The molecule has 0 amide bonds. The second-order valence-electron chi connectivity index (χ2n) is 10.5. The minimum atomic E-state index is -0.377. The minimum Gasteiger partial charge on any atom is -0.506 e. The van der Waals surface area contributed by atoms with Crippen molar-refractivity contribution in [2.45, 2.75) is 45.6 Å². The highest BCUT2D eigenvalue weighted by atomic mass is 35.5. The van der Waals surface area contributed by atoms with Crippen molar-refractivity contribution in [2.75, 3.05) is 6.54 Å². The van der Waals surface area contributed by atoms with Crippen LogP contribution < -0.4 is 5.32 Å². The molecule has 2 heterocycles. The topological polar surface area (TPSA) is 76.1 Å². The summed E-state index contributed by atoms with van der Waals surface area (Å²) in [6.07, 6.45) is 10.2. The summed E-state index contributed by atoms with van der Waals surface area (Å²) < 4.78 is 2.26. The van der Waals surface area contributed by atoms with E-state index in [9.17, 15) is 15.2 Å². The van der Waals surface area contributed by atoms with Crippen molar-refractivity contribution in [2.24, 2.45) is 11.8 Å². The van der Waals surface area contributed by atoms with Gasteiger partial charge in [0.1, 0.15) is 12.3 Å². The lowest BCUT2D eigenvalue weighted by atomic mass is 9.74. The highest BCUT2D eigenvalue weighted by molar-refractivity contribution is 6.31. The van der Waals surface area contributed by atoms with E-state index in [1.165, 1.54) is 0 Å². The van der Waals surface area contributed by atoms with E-state index in [-0.39, 0.29) is 28.9 Å². The summed E-state index contributed by atoms with van der Waals surface area (Å²) >= 11 is 6.35. The molecule has 1 aromatic carbocycles. The number of nitrogens with one attached hydrogen (secondary N) is 1. The predicted molar refractivity (Wildman–Crippen MR) is 138 cm³/mol. The van der Waals surface area contributed by atoms with Gasteiger partial charge in [0, 0.05) is 46.8 Å². The molecule has 0 aromatic heterocycles. The Hall–Kier alpha value is -3.36. The smallest absolute Gasteiger partial charge is 0.209 e. The molecule has 2 unspecified atom stereocenters. The number of rotatable bonds is 5. The molecule has 0 bridgehead atoms. The maximum absolute atomic E-state index is 13.4. The summed E-state index contributed by atoms with van der Waals surface area (Å²) in [5.74, 6) is 0.228. The fourth-order valence-corrected chi connectivity index (χ4v) is 5.59. The lowest BCUT2D eigenvalue weighted by Gasteiger charge is -2.27. The maximum Gasteiger partial charge on any atom is 0.209 e. The number of hydrogen-bond donors (Lipinski definition) is 2. The highest BCUT2D eigenvalue weighted by Crippen LogP contribution is 2.45. The van der Waals surface area contributed by atoms with Crippen molar-refractivity contribution in [3.8, 4) is 6.07 Å². The Bertz CT molecular complexity index is 1380. The van der Waals surface area contributed by atoms with Gasteiger partial charge in [-0.3, -0.25) is 4.79 Å². The van der Waals surface area contributed by atoms with Gasteiger partial charge in [-0.25, -0.2) is 0 Å². The van der Waals surface area contributed by atoms with Gasteiger partial charge < -0.3 is 10.4 Å². The zero-order chi connectivity index (χ0) is 25.1. The molecule has 0 saturated heterocycles. The second kappa shape index (κ2) is 8.39. The largest absolute Gasteiger partial charge is 0.506 e. The predicted octanol–water partition coefficient (Wildman–Crippen LogP) is 5.58. The number of halogens is 1. The number of allylic oxidation sites excluding steroid dienone is 5. The Kier molecular flexibility index (Phi) is 5.61. The number of hydrogen-bond acceptors (Lipinski definition) is 4. The summed E-state index contributed by atoms with van der Waals surface area (Å²) in [6.45, 7) is 9.47. The molecule has 2 aliphatic heterocycles. The average Bonchev–Trinajstić information content (AvgIpc) is 3.31. The molecule has 0 fully saturated rings. The van der Waals surface area contributed by atoms with Gasteiger partial charge in [0.05, 0.1) is 28.7 Å². The van der Waals surface area contributed by atoms with Gasteiger partial charge in [0.15, 0.2) is 5.71 Å². The van der Waals surface area contributed by atoms with Crippen LogP contribution in [0, 0.1) is 23.2 Å². The van der Waals surface area contributed by atoms with Crippen molar-refractivity contribution < 1.29 is 14.5 Å². The van der Waals surface area contributed by atoms with Crippen LogP contribution in [0.15, 0.2) is 76.8 Å². The molecule has 0 radical (unpaired) electrons. The lowest BCUT2D eigenvalue weighted by Crippen LogP contribution is -2.33. The molecule has 35 heavy (non-hydrogen) atoms. The van der Waals surface area contributed by atoms with Crippen molar-refractivity contribution in [1.29, 1.82) is 5.26 Å². The number of nitrogens with zero attached hydrogens (tertiary/aromatic N) is 2. The maximum atomic E-state index is 13.4. The standard InChI is InChI=1S/C29H28ClN3O2/c1-16(2)9-10-33-24-8-6-18(30)12-22(24)29(3,4)25(33)13-20-27(34)26(28(20)35)21-15-32-23-7-5-17(14-31)11-19(21)23/h5-8,11-13,15-16,19,23H,9-10H2,1-4H3,(H,34,35)/p+1. The van der Waals surface area contributed by atoms with E-state index in [0.717, 1.165) is 35.5 Å². The molecule has 0 saturated carbocycles. The Morgan fingerprint density at radius 3 is 2.80 bits per heavy atom. The van der Waals surface area contributed by atoms with Crippen LogP contribution in [-0.4, -0.2) is 33.8 Å². The summed E-state index contributed by atoms with van der Waals surface area (Å²) in [4.78, 5) is 13.4. The molecular formula is C29H29ClN3O2+. The zero-order valence-corrected chi connectivity index (χ0v) is 21.1. The Morgan fingerprint density at radius 2 is 2.11 bits per heavy atom. The molecule has 1 aromatic rings. The van der Waals surface area contributed by atoms with Gasteiger partial charge >= 0.3 is 0 Å². The molecule has 0 spiro atoms. The normalized spacial score (nSPS) is 25.3. The lowest BCUT2D eigenvalue weighted by molar-refractivity contribution is -0.439. The van der Waals surface area contributed by atoms with E-state index in [1.807, 2.05) is 36.4 Å². The van der Waals surface area contributed by atoms with Crippen LogP contribution in [0.4, 0.5) is 5.69 Å². The van der Waals surface area contributed by atoms with E-state index < -0.39 is 0 Å². The van der Waals surface area contributed by atoms with Gasteiger partial charge in [0.2, 0.25) is 11.5 Å². The third-order valence-electron chi connectivity index (χ3n) is 7.47. The fourth-order valence-electron chi connectivity index (χ4n) is 5.41. The molecule has 5 nitrogen and oxygen atoms in total. The van der Waals surface area contributed by atoms with Crippen molar-refractivity contribution >= 4 is 28.8 Å². The number of aliphatic hydroxyl groups is 1. The number of aliphatic hydroxyl groups excluding tert-OH is 1. The first-order valence-electron chi connectivity index (χ1n) is 12.0. The van der Waals surface area contributed by atoms with Crippen LogP contribution >= 0.6 is 11.6 Å². The molecule has 6 heteroatoms. The Morgan fingerprint density at radius 1 is 1.34 bits per heavy atom. The van der Waals surface area contributed by atoms with Gasteiger partial charge in [-0.1, -0.05) is 37.6 Å². The van der Waals surface area contributed by atoms with Crippen LogP contribution in [0.3, 0.4) is 0 Å². The van der Waals surface area contributed by atoms with Crippen LogP contribution in [0.25, 0.3) is 0 Å². The molecule has 2 N–H and O–H groups in total. The fraction of sp³-hybridized carbons (Fsp3) is 0.345. The molecule has 5 rings (SSSR count). The number of fused-ring (bicyclic) bond motifs is 2. The quantitative estimate of drug-likeness (QED) is 0.421. The van der Waals surface area contributed by atoms with E-state index in [1.54, 1.807) is 12.3 Å². The molecule has 2 aliphatic carbocycles. The van der Waals surface area contributed by atoms with Gasteiger partial charge in [-0.2, -0.15) is 9.84 Å². The van der Waals surface area contributed by atoms with Gasteiger partial charge in [-0.05, 0) is 43.5 Å². The number of ketones is 1. The summed E-state index contributed by atoms with van der Waals surface area (Å²) in [5.41, 5.74) is 4.77. The number of carbonyl (C=O) groups excluding carboxylic acids is 1.